The van der Waals surface area contributed by atoms with E-state index in [1.807, 2.05) is 27.7 Å². The fraction of sp³-hybridized carbons (Fsp3) is 0.412. The van der Waals surface area contributed by atoms with Gasteiger partial charge in [-0.1, -0.05) is 0 Å². The number of benzene rings is 1. The molecule has 1 heterocycles. The van der Waals surface area contributed by atoms with E-state index in [4.69, 9.17) is 4.74 Å². The molecule has 0 radical (unpaired) electrons. The molecular weight excluding hydrogens is 282 g/mol. The van der Waals surface area contributed by atoms with Gasteiger partial charge in [-0.25, -0.2) is 4.79 Å². The first-order valence-corrected chi connectivity index (χ1v) is 7.32. The monoisotopic (exact) mass is 303 g/mol. The van der Waals surface area contributed by atoms with Gasteiger partial charge in [0, 0.05) is 17.0 Å². The van der Waals surface area contributed by atoms with E-state index in [-0.39, 0.29) is 28.8 Å². The van der Waals surface area contributed by atoms with Crippen molar-refractivity contribution in [2.24, 2.45) is 0 Å². The Labute approximate surface area is 129 Å². The normalized spacial score (nSPS) is 11.4. The number of hydrogen-bond acceptors (Lipinski definition) is 3. The number of carboxylic acid groups (broad SMARTS) is 1. The SMILES string of the molecule is Cc1c(C(=O)O)n(C(C)C)c2ccc(OC(C)C)cc2c1=O. The Morgan fingerprint density at radius 2 is 1.86 bits per heavy atom. The fourth-order valence-electron chi connectivity index (χ4n) is 2.66. The van der Waals surface area contributed by atoms with Crippen LogP contribution < -0.4 is 10.2 Å². The third-order valence-corrected chi connectivity index (χ3v) is 3.50. The van der Waals surface area contributed by atoms with Gasteiger partial charge in [-0.05, 0) is 52.8 Å². The largest absolute Gasteiger partial charge is 0.491 e. The second kappa shape index (κ2) is 5.83. The van der Waals surface area contributed by atoms with E-state index in [0.29, 0.717) is 16.7 Å². The lowest BCUT2D eigenvalue weighted by molar-refractivity contribution is 0.0682. The van der Waals surface area contributed by atoms with Crippen molar-refractivity contribution in [3.8, 4) is 5.75 Å². The second-order valence-electron chi connectivity index (χ2n) is 5.92. The van der Waals surface area contributed by atoms with Crippen LogP contribution in [0.3, 0.4) is 0 Å². The molecular formula is C17H21NO4. The van der Waals surface area contributed by atoms with Gasteiger partial charge in [0.05, 0.1) is 11.6 Å². The Morgan fingerprint density at radius 3 is 2.36 bits per heavy atom. The number of nitrogens with zero attached hydrogens (tertiary/aromatic N) is 1. The number of fused-ring (bicyclic) bond motifs is 1. The standard InChI is InChI=1S/C17H21NO4/c1-9(2)18-14-7-6-12(22-10(3)4)8-13(14)16(19)11(5)15(18)17(20)21/h6-10H,1-5H3,(H,20,21). The quantitative estimate of drug-likeness (QED) is 0.940. The maximum atomic E-state index is 12.5. The van der Waals surface area contributed by atoms with E-state index in [2.05, 4.69) is 0 Å². The van der Waals surface area contributed by atoms with Crippen LogP contribution in [0.5, 0.6) is 5.75 Å². The number of ether oxygens (including phenoxy) is 1. The van der Waals surface area contributed by atoms with Crippen molar-refractivity contribution in [2.75, 3.05) is 0 Å². The second-order valence-corrected chi connectivity index (χ2v) is 5.92. The molecule has 0 fully saturated rings. The van der Waals surface area contributed by atoms with Crippen molar-refractivity contribution in [1.82, 2.24) is 4.57 Å². The average Bonchev–Trinajstić information content (AvgIpc) is 2.41. The first-order valence-electron chi connectivity index (χ1n) is 7.32. The summed E-state index contributed by atoms with van der Waals surface area (Å²) in [6, 6.07) is 5.13. The van der Waals surface area contributed by atoms with Gasteiger partial charge in [-0.3, -0.25) is 4.79 Å². The lowest BCUT2D eigenvalue weighted by Gasteiger charge is -2.20. The van der Waals surface area contributed by atoms with E-state index >= 15 is 0 Å². The first kappa shape index (κ1) is 16.1. The van der Waals surface area contributed by atoms with Crippen molar-refractivity contribution >= 4 is 16.9 Å². The van der Waals surface area contributed by atoms with Gasteiger partial charge in [0.15, 0.2) is 5.43 Å². The highest BCUT2D eigenvalue weighted by molar-refractivity contribution is 5.93. The molecule has 2 aromatic rings. The Morgan fingerprint density at radius 1 is 1.23 bits per heavy atom. The molecule has 0 amide bonds. The Kier molecular flexibility index (Phi) is 4.26. The summed E-state index contributed by atoms with van der Waals surface area (Å²) >= 11 is 0. The lowest BCUT2D eigenvalue weighted by atomic mass is 10.1. The van der Waals surface area contributed by atoms with E-state index < -0.39 is 5.97 Å². The van der Waals surface area contributed by atoms with Crippen molar-refractivity contribution in [3.05, 3.63) is 39.7 Å². The van der Waals surface area contributed by atoms with Gasteiger partial charge in [-0.15, -0.1) is 0 Å². The Bertz CT molecular complexity index is 787. The highest BCUT2D eigenvalue weighted by atomic mass is 16.5. The summed E-state index contributed by atoms with van der Waals surface area (Å²) in [5, 5.41) is 9.95. The van der Waals surface area contributed by atoms with E-state index in [0.717, 1.165) is 0 Å². The molecule has 5 heteroatoms. The van der Waals surface area contributed by atoms with Gasteiger partial charge in [0.1, 0.15) is 11.4 Å². The Hall–Kier alpha value is -2.30. The van der Waals surface area contributed by atoms with E-state index in [1.165, 1.54) is 0 Å². The topological polar surface area (TPSA) is 68.5 Å². The molecule has 1 N–H and O–H groups in total. The van der Waals surface area contributed by atoms with Crippen LogP contribution in [0.25, 0.3) is 10.9 Å². The van der Waals surface area contributed by atoms with E-state index in [9.17, 15) is 14.7 Å². The van der Waals surface area contributed by atoms with Crippen molar-refractivity contribution in [1.29, 1.82) is 0 Å². The predicted molar refractivity (Wildman–Crippen MR) is 86.1 cm³/mol. The number of rotatable bonds is 4. The lowest BCUT2D eigenvalue weighted by Crippen LogP contribution is -2.23. The number of aromatic nitrogens is 1. The maximum absolute atomic E-state index is 12.5. The molecule has 0 unspecified atom stereocenters. The third kappa shape index (κ3) is 2.71. The van der Waals surface area contributed by atoms with Crippen LogP contribution in [-0.4, -0.2) is 21.7 Å². The fourth-order valence-corrected chi connectivity index (χ4v) is 2.66. The first-order chi connectivity index (χ1) is 10.2. The molecule has 0 atom stereocenters. The van der Waals surface area contributed by atoms with Gasteiger partial charge < -0.3 is 14.4 Å². The molecule has 0 aliphatic heterocycles. The molecule has 0 bridgehead atoms. The summed E-state index contributed by atoms with van der Waals surface area (Å²) in [6.07, 6.45) is 0.00386. The van der Waals surface area contributed by atoms with Gasteiger partial charge >= 0.3 is 5.97 Å². The van der Waals surface area contributed by atoms with Crippen LogP contribution in [0.15, 0.2) is 23.0 Å². The van der Waals surface area contributed by atoms with Crippen molar-refractivity contribution < 1.29 is 14.6 Å². The molecule has 118 valence electrons. The highest BCUT2D eigenvalue weighted by Crippen LogP contribution is 2.25. The van der Waals surface area contributed by atoms with Crippen LogP contribution in [0.4, 0.5) is 0 Å². The number of carboxylic acids is 1. The molecule has 0 saturated carbocycles. The zero-order valence-corrected chi connectivity index (χ0v) is 13.5. The molecule has 0 saturated heterocycles. The summed E-state index contributed by atoms with van der Waals surface area (Å²) in [7, 11) is 0. The predicted octanol–water partition coefficient (Wildman–Crippen LogP) is 3.38. The minimum Gasteiger partial charge on any atom is -0.491 e. The number of pyridine rings is 1. The molecule has 22 heavy (non-hydrogen) atoms. The number of aromatic carboxylic acids is 1. The van der Waals surface area contributed by atoms with Crippen molar-refractivity contribution in [3.63, 3.8) is 0 Å². The maximum Gasteiger partial charge on any atom is 0.352 e. The zero-order chi connectivity index (χ0) is 16.6. The van der Waals surface area contributed by atoms with E-state index in [1.54, 1.807) is 29.7 Å². The van der Waals surface area contributed by atoms with Crippen LogP contribution in [-0.2, 0) is 0 Å². The molecule has 0 spiro atoms. The van der Waals surface area contributed by atoms with Crippen LogP contribution in [0.2, 0.25) is 0 Å². The van der Waals surface area contributed by atoms with Gasteiger partial charge in [-0.2, -0.15) is 0 Å². The summed E-state index contributed by atoms with van der Waals surface area (Å²) in [5.41, 5.74) is 0.637. The number of hydrogen-bond donors (Lipinski definition) is 1. The molecule has 2 rings (SSSR count). The van der Waals surface area contributed by atoms with Gasteiger partial charge in [0.25, 0.3) is 0 Å². The van der Waals surface area contributed by atoms with Crippen LogP contribution in [0, 0.1) is 6.92 Å². The molecule has 0 aliphatic rings. The van der Waals surface area contributed by atoms with Gasteiger partial charge in [0.2, 0.25) is 0 Å². The minimum atomic E-state index is -1.09. The molecule has 0 aliphatic carbocycles. The zero-order valence-electron chi connectivity index (χ0n) is 13.5. The van der Waals surface area contributed by atoms with Crippen LogP contribution in [0.1, 0.15) is 49.8 Å². The summed E-state index contributed by atoms with van der Waals surface area (Å²) < 4.78 is 7.32. The van der Waals surface area contributed by atoms with Crippen molar-refractivity contribution in [2.45, 2.75) is 46.8 Å². The summed E-state index contributed by atoms with van der Waals surface area (Å²) in [5.74, 6) is -0.481. The average molecular weight is 303 g/mol. The van der Waals surface area contributed by atoms with Crippen LogP contribution >= 0.6 is 0 Å². The third-order valence-electron chi connectivity index (χ3n) is 3.50. The smallest absolute Gasteiger partial charge is 0.352 e. The molecule has 1 aromatic heterocycles. The highest BCUT2D eigenvalue weighted by Gasteiger charge is 2.21. The summed E-state index contributed by atoms with van der Waals surface area (Å²) in [4.78, 5) is 24.1. The molecule has 1 aromatic carbocycles. The Balaban J connectivity index is 2.88. The number of carbonyl (C=O) groups is 1. The minimum absolute atomic E-state index is 0.00386. The molecule has 5 nitrogen and oxygen atoms in total. The summed E-state index contributed by atoms with van der Waals surface area (Å²) in [6.45, 7) is 9.17.